The molecule has 94 valence electrons. The molecule has 0 saturated carbocycles. The SMILES string of the molecule is C=C(C)C(=O)Nc1ccc(C(=O)CC(C)=O)cc1. The van der Waals surface area contributed by atoms with E-state index in [1.807, 2.05) is 0 Å². The van der Waals surface area contributed by atoms with Crippen molar-refractivity contribution in [3.63, 3.8) is 0 Å². The van der Waals surface area contributed by atoms with E-state index in [2.05, 4.69) is 11.9 Å². The molecule has 0 heterocycles. The van der Waals surface area contributed by atoms with Crippen molar-refractivity contribution in [1.29, 1.82) is 0 Å². The number of nitrogens with one attached hydrogen (secondary N) is 1. The largest absolute Gasteiger partial charge is 0.322 e. The molecule has 1 amide bonds. The van der Waals surface area contributed by atoms with Gasteiger partial charge in [-0.1, -0.05) is 6.58 Å². The molecule has 0 radical (unpaired) electrons. The minimum Gasteiger partial charge on any atom is -0.322 e. The Labute approximate surface area is 106 Å². The van der Waals surface area contributed by atoms with Gasteiger partial charge in [-0.2, -0.15) is 0 Å². The van der Waals surface area contributed by atoms with Crippen LogP contribution in [0.2, 0.25) is 0 Å². The molecule has 4 nitrogen and oxygen atoms in total. The Kier molecular flexibility index (Phi) is 4.54. The molecule has 0 spiro atoms. The lowest BCUT2D eigenvalue weighted by Gasteiger charge is -2.05. The van der Waals surface area contributed by atoms with Gasteiger partial charge < -0.3 is 5.32 Å². The standard InChI is InChI=1S/C14H15NO3/c1-9(2)14(18)15-12-6-4-11(5-7-12)13(17)8-10(3)16/h4-7H,1,8H2,2-3H3,(H,15,18). The predicted octanol–water partition coefficient (Wildman–Crippen LogP) is 2.36. The lowest BCUT2D eigenvalue weighted by atomic mass is 10.1. The second-order valence-corrected chi connectivity index (χ2v) is 4.11. The first-order valence-corrected chi connectivity index (χ1v) is 5.49. The van der Waals surface area contributed by atoms with Crippen LogP contribution in [0.4, 0.5) is 5.69 Å². The highest BCUT2D eigenvalue weighted by Crippen LogP contribution is 2.12. The third-order valence-electron chi connectivity index (χ3n) is 2.26. The van der Waals surface area contributed by atoms with E-state index in [4.69, 9.17) is 0 Å². The fourth-order valence-electron chi connectivity index (χ4n) is 1.31. The minimum absolute atomic E-state index is 0.0997. The topological polar surface area (TPSA) is 63.2 Å². The molecule has 1 aromatic rings. The van der Waals surface area contributed by atoms with Crippen molar-refractivity contribution >= 4 is 23.2 Å². The quantitative estimate of drug-likeness (QED) is 0.492. The fraction of sp³-hybridized carbons (Fsp3) is 0.214. The molecule has 0 aliphatic rings. The van der Waals surface area contributed by atoms with E-state index in [0.717, 1.165) is 0 Å². The zero-order chi connectivity index (χ0) is 13.7. The van der Waals surface area contributed by atoms with Crippen LogP contribution in [0.3, 0.4) is 0 Å². The third-order valence-corrected chi connectivity index (χ3v) is 2.26. The first kappa shape index (κ1) is 13.8. The van der Waals surface area contributed by atoms with Crippen molar-refractivity contribution in [2.24, 2.45) is 0 Å². The van der Waals surface area contributed by atoms with Crippen molar-refractivity contribution < 1.29 is 14.4 Å². The van der Waals surface area contributed by atoms with E-state index < -0.39 is 0 Å². The summed E-state index contributed by atoms with van der Waals surface area (Å²) in [4.78, 5) is 33.8. The molecule has 18 heavy (non-hydrogen) atoms. The third kappa shape index (κ3) is 3.97. The first-order chi connectivity index (χ1) is 8.40. The molecule has 1 aromatic carbocycles. The number of hydrogen-bond donors (Lipinski definition) is 1. The highest BCUT2D eigenvalue weighted by atomic mass is 16.2. The second kappa shape index (κ2) is 5.91. The van der Waals surface area contributed by atoms with Crippen LogP contribution in [0.1, 0.15) is 30.6 Å². The monoisotopic (exact) mass is 245 g/mol. The van der Waals surface area contributed by atoms with Gasteiger partial charge in [-0.05, 0) is 38.1 Å². The Balaban J connectivity index is 2.74. The van der Waals surface area contributed by atoms with Crippen LogP contribution in [0.25, 0.3) is 0 Å². The Bertz CT molecular complexity index is 500. The van der Waals surface area contributed by atoms with Crippen LogP contribution >= 0.6 is 0 Å². The van der Waals surface area contributed by atoms with Gasteiger partial charge in [-0.15, -0.1) is 0 Å². The summed E-state index contributed by atoms with van der Waals surface area (Å²) in [6, 6.07) is 6.40. The van der Waals surface area contributed by atoms with Gasteiger partial charge in [-0.25, -0.2) is 0 Å². The molecule has 0 aromatic heterocycles. The van der Waals surface area contributed by atoms with Gasteiger partial charge in [0.2, 0.25) is 0 Å². The molecular formula is C14H15NO3. The van der Waals surface area contributed by atoms with Crippen LogP contribution in [-0.2, 0) is 9.59 Å². The summed E-state index contributed by atoms with van der Waals surface area (Å²) in [6.07, 6.45) is -0.0997. The van der Waals surface area contributed by atoms with Crippen LogP contribution in [-0.4, -0.2) is 17.5 Å². The van der Waals surface area contributed by atoms with Crippen molar-refractivity contribution in [3.8, 4) is 0 Å². The number of carbonyl (C=O) groups is 3. The lowest BCUT2D eigenvalue weighted by molar-refractivity contribution is -0.116. The summed E-state index contributed by atoms with van der Waals surface area (Å²) >= 11 is 0. The summed E-state index contributed by atoms with van der Waals surface area (Å²) in [7, 11) is 0. The minimum atomic E-state index is -0.266. The van der Waals surface area contributed by atoms with Gasteiger partial charge in [-0.3, -0.25) is 14.4 Å². The first-order valence-electron chi connectivity index (χ1n) is 5.49. The van der Waals surface area contributed by atoms with Crippen molar-refractivity contribution in [3.05, 3.63) is 42.0 Å². The predicted molar refractivity (Wildman–Crippen MR) is 69.5 cm³/mol. The van der Waals surface area contributed by atoms with E-state index in [-0.39, 0.29) is 23.9 Å². The van der Waals surface area contributed by atoms with Gasteiger partial charge in [0.1, 0.15) is 5.78 Å². The summed E-state index contributed by atoms with van der Waals surface area (Å²) in [5.74, 6) is -0.655. The van der Waals surface area contributed by atoms with Crippen LogP contribution in [0, 0.1) is 0 Å². The number of ketones is 2. The number of rotatable bonds is 5. The summed E-state index contributed by atoms with van der Waals surface area (Å²) in [5, 5.41) is 2.63. The molecule has 1 rings (SSSR count). The van der Waals surface area contributed by atoms with Gasteiger partial charge in [0.25, 0.3) is 5.91 Å². The lowest BCUT2D eigenvalue weighted by Crippen LogP contribution is -2.12. The molecule has 0 saturated heterocycles. The zero-order valence-corrected chi connectivity index (χ0v) is 10.4. The van der Waals surface area contributed by atoms with E-state index in [0.29, 0.717) is 16.8 Å². The van der Waals surface area contributed by atoms with Gasteiger partial charge >= 0.3 is 0 Å². The highest BCUT2D eigenvalue weighted by molar-refractivity contribution is 6.08. The van der Waals surface area contributed by atoms with Crippen molar-refractivity contribution in [2.75, 3.05) is 5.32 Å². The maximum Gasteiger partial charge on any atom is 0.250 e. The number of amides is 1. The maximum atomic E-state index is 11.6. The molecule has 0 bridgehead atoms. The van der Waals surface area contributed by atoms with E-state index in [1.54, 1.807) is 31.2 Å². The highest BCUT2D eigenvalue weighted by Gasteiger charge is 2.09. The Morgan fingerprint density at radius 2 is 1.67 bits per heavy atom. The summed E-state index contributed by atoms with van der Waals surface area (Å²) in [6.45, 7) is 6.51. The number of Topliss-reactive ketones (excluding diaryl/α,β-unsaturated/α-hetero) is 2. The molecular weight excluding hydrogens is 230 g/mol. The van der Waals surface area contributed by atoms with E-state index in [1.165, 1.54) is 6.92 Å². The number of benzene rings is 1. The van der Waals surface area contributed by atoms with Crippen LogP contribution in [0.15, 0.2) is 36.4 Å². The Hall–Kier alpha value is -2.23. The van der Waals surface area contributed by atoms with Gasteiger partial charge in [0, 0.05) is 16.8 Å². The average Bonchev–Trinajstić information content (AvgIpc) is 2.28. The molecule has 0 aliphatic heterocycles. The van der Waals surface area contributed by atoms with Crippen molar-refractivity contribution in [1.82, 2.24) is 0 Å². The summed E-state index contributed by atoms with van der Waals surface area (Å²) < 4.78 is 0. The Morgan fingerprint density at radius 1 is 1.11 bits per heavy atom. The smallest absolute Gasteiger partial charge is 0.250 e. The molecule has 1 N–H and O–H groups in total. The number of anilines is 1. The second-order valence-electron chi connectivity index (χ2n) is 4.11. The molecule has 0 atom stereocenters. The maximum absolute atomic E-state index is 11.6. The molecule has 0 fully saturated rings. The van der Waals surface area contributed by atoms with Gasteiger partial charge in [0.15, 0.2) is 5.78 Å². The van der Waals surface area contributed by atoms with Crippen molar-refractivity contribution in [2.45, 2.75) is 20.3 Å². The molecule has 4 heteroatoms. The zero-order valence-electron chi connectivity index (χ0n) is 10.4. The van der Waals surface area contributed by atoms with Crippen LogP contribution < -0.4 is 5.32 Å². The van der Waals surface area contributed by atoms with Crippen LogP contribution in [0.5, 0.6) is 0 Å². The average molecular weight is 245 g/mol. The molecule has 0 unspecified atom stereocenters. The fourth-order valence-corrected chi connectivity index (χ4v) is 1.31. The van der Waals surface area contributed by atoms with E-state index >= 15 is 0 Å². The van der Waals surface area contributed by atoms with E-state index in [9.17, 15) is 14.4 Å². The summed E-state index contributed by atoms with van der Waals surface area (Å²) in [5.41, 5.74) is 1.45. The Morgan fingerprint density at radius 3 is 2.11 bits per heavy atom. The number of carbonyl (C=O) groups excluding carboxylic acids is 3. The number of hydrogen-bond acceptors (Lipinski definition) is 3. The molecule has 0 aliphatic carbocycles. The van der Waals surface area contributed by atoms with Gasteiger partial charge in [0.05, 0.1) is 6.42 Å². The normalized spacial score (nSPS) is 9.67.